The summed E-state index contributed by atoms with van der Waals surface area (Å²) in [6.07, 6.45) is 0.316. The minimum Gasteiger partial charge on any atom is -0.481 e. The maximum Gasteiger partial charge on any atom is 0.303 e. The Morgan fingerprint density at radius 1 is 1.21 bits per heavy atom. The summed E-state index contributed by atoms with van der Waals surface area (Å²) in [6.45, 7) is 3.82. The van der Waals surface area contributed by atoms with Crippen LogP contribution in [-0.2, 0) is 14.8 Å². The van der Waals surface area contributed by atoms with Crippen LogP contribution in [0.2, 0.25) is 0 Å². The second-order valence-electron chi connectivity index (χ2n) is 5.87. The molecular formula is C16H24N2O5S. The largest absolute Gasteiger partial charge is 0.481 e. The highest BCUT2D eigenvalue weighted by Gasteiger charge is 2.24. The zero-order valence-corrected chi connectivity index (χ0v) is 15.2. The van der Waals surface area contributed by atoms with Crippen molar-refractivity contribution >= 4 is 21.9 Å². The van der Waals surface area contributed by atoms with Gasteiger partial charge in [-0.1, -0.05) is 6.07 Å². The Labute approximate surface area is 142 Å². The first-order valence-electron chi connectivity index (χ1n) is 7.62. The van der Waals surface area contributed by atoms with E-state index in [9.17, 15) is 18.0 Å². The molecule has 1 amide bonds. The molecule has 0 atom stereocenters. The van der Waals surface area contributed by atoms with Crippen molar-refractivity contribution in [2.24, 2.45) is 0 Å². The molecule has 0 aliphatic carbocycles. The third-order valence-electron chi connectivity index (χ3n) is 3.72. The van der Waals surface area contributed by atoms with Crippen molar-refractivity contribution in [3.05, 3.63) is 29.8 Å². The van der Waals surface area contributed by atoms with Crippen LogP contribution in [0, 0.1) is 0 Å². The summed E-state index contributed by atoms with van der Waals surface area (Å²) in [6, 6.07) is 5.68. The van der Waals surface area contributed by atoms with E-state index in [2.05, 4.69) is 0 Å². The van der Waals surface area contributed by atoms with Crippen LogP contribution in [0.15, 0.2) is 29.2 Å². The first-order valence-corrected chi connectivity index (χ1v) is 9.06. The quantitative estimate of drug-likeness (QED) is 0.764. The van der Waals surface area contributed by atoms with Gasteiger partial charge in [0.1, 0.15) is 0 Å². The van der Waals surface area contributed by atoms with Crippen molar-refractivity contribution < 1.29 is 23.1 Å². The van der Waals surface area contributed by atoms with Gasteiger partial charge < -0.3 is 10.0 Å². The van der Waals surface area contributed by atoms with E-state index in [1.54, 1.807) is 27.0 Å². The lowest BCUT2D eigenvalue weighted by molar-refractivity contribution is -0.137. The Morgan fingerprint density at radius 3 is 2.38 bits per heavy atom. The summed E-state index contributed by atoms with van der Waals surface area (Å²) in [5.41, 5.74) is 0.256. The van der Waals surface area contributed by atoms with Crippen molar-refractivity contribution in [1.82, 2.24) is 9.21 Å². The molecule has 0 aromatic heterocycles. The molecule has 24 heavy (non-hydrogen) atoms. The second-order valence-corrected chi connectivity index (χ2v) is 7.86. The summed E-state index contributed by atoms with van der Waals surface area (Å²) < 4.78 is 26.2. The molecular weight excluding hydrogens is 332 g/mol. The van der Waals surface area contributed by atoms with Crippen molar-refractivity contribution in [3.63, 3.8) is 0 Å². The smallest absolute Gasteiger partial charge is 0.303 e. The Kier molecular flexibility index (Phi) is 6.92. The van der Waals surface area contributed by atoms with E-state index in [0.717, 1.165) is 0 Å². The molecule has 0 aliphatic rings. The van der Waals surface area contributed by atoms with Gasteiger partial charge in [-0.3, -0.25) is 9.59 Å². The fourth-order valence-corrected chi connectivity index (χ4v) is 3.44. The molecule has 8 heteroatoms. The minimum absolute atomic E-state index is 0.0226. The van der Waals surface area contributed by atoms with Gasteiger partial charge in [-0.05, 0) is 38.5 Å². The molecule has 0 saturated carbocycles. The van der Waals surface area contributed by atoms with Crippen molar-refractivity contribution in [2.45, 2.75) is 37.6 Å². The third-order valence-corrected chi connectivity index (χ3v) is 5.75. The van der Waals surface area contributed by atoms with Crippen LogP contribution in [0.4, 0.5) is 0 Å². The standard InChI is InChI=1S/C16H24N2O5S/c1-12(2)18(4)24(22,23)14-8-5-7-13(11-14)16(21)17(3)10-6-9-15(19)20/h5,7-8,11-12H,6,9-10H2,1-4H3,(H,19,20). The molecule has 7 nitrogen and oxygen atoms in total. The number of aliphatic carboxylic acids is 1. The van der Waals surface area contributed by atoms with Gasteiger partial charge in [0.25, 0.3) is 5.91 Å². The number of nitrogens with zero attached hydrogens (tertiary/aromatic N) is 2. The first kappa shape index (κ1) is 20.1. The number of carboxylic acids is 1. The molecule has 1 aromatic rings. The molecule has 0 aliphatic heterocycles. The van der Waals surface area contributed by atoms with Gasteiger partial charge in [0, 0.05) is 38.7 Å². The lowest BCUT2D eigenvalue weighted by atomic mass is 10.2. The normalized spacial score (nSPS) is 11.8. The molecule has 1 N–H and O–H groups in total. The monoisotopic (exact) mass is 356 g/mol. The van der Waals surface area contributed by atoms with E-state index in [1.807, 2.05) is 0 Å². The molecule has 134 valence electrons. The highest BCUT2D eigenvalue weighted by atomic mass is 32.2. The minimum atomic E-state index is -3.66. The summed E-state index contributed by atoms with van der Waals surface area (Å²) >= 11 is 0. The number of sulfonamides is 1. The Morgan fingerprint density at radius 2 is 1.83 bits per heavy atom. The fourth-order valence-electron chi connectivity index (χ4n) is 2.02. The van der Waals surface area contributed by atoms with Crippen LogP contribution in [-0.4, -0.2) is 61.3 Å². The Hall–Kier alpha value is -1.93. The number of hydrogen-bond donors (Lipinski definition) is 1. The Bertz CT molecular complexity index is 700. The summed E-state index contributed by atoms with van der Waals surface area (Å²) in [7, 11) is -0.610. The van der Waals surface area contributed by atoms with Gasteiger partial charge >= 0.3 is 5.97 Å². The molecule has 0 bridgehead atoms. The van der Waals surface area contributed by atoms with E-state index >= 15 is 0 Å². The number of benzene rings is 1. The highest BCUT2D eigenvalue weighted by molar-refractivity contribution is 7.89. The van der Waals surface area contributed by atoms with E-state index in [1.165, 1.54) is 34.5 Å². The number of carboxylic acid groups (broad SMARTS) is 1. The number of carbonyl (C=O) groups excluding carboxylic acids is 1. The van der Waals surface area contributed by atoms with Crippen molar-refractivity contribution in [2.75, 3.05) is 20.6 Å². The number of rotatable bonds is 8. The van der Waals surface area contributed by atoms with Crippen LogP contribution >= 0.6 is 0 Å². The molecule has 0 radical (unpaired) electrons. The van der Waals surface area contributed by atoms with Crippen molar-refractivity contribution in [1.29, 1.82) is 0 Å². The topological polar surface area (TPSA) is 95.0 Å². The van der Waals surface area contributed by atoms with Crippen LogP contribution in [0.5, 0.6) is 0 Å². The van der Waals surface area contributed by atoms with Crippen LogP contribution in [0.25, 0.3) is 0 Å². The summed E-state index contributed by atoms with van der Waals surface area (Å²) in [5, 5.41) is 8.63. The number of hydrogen-bond acceptors (Lipinski definition) is 4. The predicted octanol–water partition coefficient (Wildman–Crippen LogP) is 1.65. The molecule has 0 spiro atoms. The van der Waals surface area contributed by atoms with Gasteiger partial charge in [-0.2, -0.15) is 4.31 Å². The first-order chi connectivity index (χ1) is 11.1. The molecule has 0 unspecified atom stereocenters. The lowest BCUT2D eigenvalue weighted by Gasteiger charge is -2.22. The molecule has 0 fully saturated rings. The van der Waals surface area contributed by atoms with Gasteiger partial charge in [-0.15, -0.1) is 0 Å². The van der Waals surface area contributed by atoms with Gasteiger partial charge in [0.15, 0.2) is 0 Å². The average Bonchev–Trinajstić information content (AvgIpc) is 2.52. The van der Waals surface area contributed by atoms with Gasteiger partial charge in [-0.25, -0.2) is 8.42 Å². The summed E-state index contributed by atoms with van der Waals surface area (Å²) in [4.78, 5) is 24.3. The molecule has 0 saturated heterocycles. The van der Waals surface area contributed by atoms with Gasteiger partial charge in [0.2, 0.25) is 10.0 Å². The summed E-state index contributed by atoms with van der Waals surface area (Å²) in [5.74, 6) is -1.26. The predicted molar refractivity (Wildman–Crippen MR) is 90.4 cm³/mol. The number of amides is 1. The average molecular weight is 356 g/mol. The van der Waals surface area contributed by atoms with E-state index in [-0.39, 0.29) is 35.4 Å². The van der Waals surface area contributed by atoms with E-state index < -0.39 is 16.0 Å². The van der Waals surface area contributed by atoms with Crippen LogP contribution in [0.1, 0.15) is 37.0 Å². The van der Waals surface area contributed by atoms with E-state index in [4.69, 9.17) is 5.11 Å². The zero-order chi connectivity index (χ0) is 18.5. The zero-order valence-electron chi connectivity index (χ0n) is 14.4. The van der Waals surface area contributed by atoms with E-state index in [0.29, 0.717) is 6.42 Å². The fraction of sp³-hybridized carbons (Fsp3) is 0.500. The van der Waals surface area contributed by atoms with Crippen LogP contribution in [0.3, 0.4) is 0 Å². The highest BCUT2D eigenvalue weighted by Crippen LogP contribution is 2.18. The molecule has 1 aromatic carbocycles. The molecule has 1 rings (SSSR count). The van der Waals surface area contributed by atoms with Crippen LogP contribution < -0.4 is 0 Å². The number of carbonyl (C=O) groups is 2. The SMILES string of the molecule is CC(C)N(C)S(=O)(=O)c1cccc(C(=O)N(C)CCCC(=O)O)c1. The van der Waals surface area contributed by atoms with Crippen molar-refractivity contribution in [3.8, 4) is 0 Å². The maximum atomic E-state index is 12.5. The third kappa shape index (κ3) is 5.04. The molecule has 0 heterocycles. The Balaban J connectivity index is 2.96. The maximum absolute atomic E-state index is 12.5. The van der Waals surface area contributed by atoms with Gasteiger partial charge in [0.05, 0.1) is 4.90 Å². The second kappa shape index (κ2) is 8.25. The lowest BCUT2D eigenvalue weighted by Crippen LogP contribution is -2.33.